The second-order valence-corrected chi connectivity index (χ2v) is 7.01. The maximum Gasteiger partial charge on any atom is 0.275 e. The van der Waals surface area contributed by atoms with Crippen molar-refractivity contribution in [2.75, 3.05) is 23.3 Å². The van der Waals surface area contributed by atoms with Crippen molar-refractivity contribution < 1.29 is 4.79 Å². The van der Waals surface area contributed by atoms with Crippen LogP contribution in [0.15, 0.2) is 30.6 Å². The van der Waals surface area contributed by atoms with Crippen LogP contribution in [-0.2, 0) is 0 Å². The van der Waals surface area contributed by atoms with Crippen LogP contribution < -0.4 is 10.2 Å². The molecule has 1 heterocycles. The number of aromatic nitrogens is 2. The summed E-state index contributed by atoms with van der Waals surface area (Å²) >= 11 is 0. The molecular formula is C21H30N4O. The van der Waals surface area contributed by atoms with E-state index in [1.165, 1.54) is 0 Å². The first kappa shape index (κ1) is 19.9. The second kappa shape index (κ2) is 8.79. The van der Waals surface area contributed by atoms with Gasteiger partial charge in [0.2, 0.25) is 0 Å². The molecule has 0 spiro atoms. The normalized spacial score (nSPS) is 11.1. The lowest BCUT2D eigenvalue weighted by molar-refractivity contribution is 0.102. The SMILES string of the molecule is CCN(CC)c1cnc(C(=O)Nc2c(C(C)C)cccc2C(C)C)cn1. The fourth-order valence-corrected chi connectivity index (χ4v) is 3.02. The molecule has 0 atom stereocenters. The van der Waals surface area contributed by atoms with E-state index in [2.05, 4.69) is 79.9 Å². The van der Waals surface area contributed by atoms with Crippen molar-refractivity contribution in [3.05, 3.63) is 47.4 Å². The Kier molecular flexibility index (Phi) is 6.72. The van der Waals surface area contributed by atoms with Crippen LogP contribution in [0, 0.1) is 0 Å². The Bertz CT molecular complexity index is 708. The summed E-state index contributed by atoms with van der Waals surface area (Å²) in [6, 6.07) is 6.20. The predicted molar refractivity (Wildman–Crippen MR) is 108 cm³/mol. The smallest absolute Gasteiger partial charge is 0.275 e. The minimum Gasteiger partial charge on any atom is -0.356 e. The number of hydrogen-bond donors (Lipinski definition) is 1. The number of carbonyl (C=O) groups is 1. The van der Waals surface area contributed by atoms with Gasteiger partial charge in [-0.15, -0.1) is 0 Å². The molecule has 26 heavy (non-hydrogen) atoms. The molecule has 1 aromatic heterocycles. The largest absolute Gasteiger partial charge is 0.356 e. The number of hydrogen-bond acceptors (Lipinski definition) is 4. The monoisotopic (exact) mass is 354 g/mol. The first-order valence-electron chi connectivity index (χ1n) is 9.40. The highest BCUT2D eigenvalue weighted by molar-refractivity contribution is 6.03. The van der Waals surface area contributed by atoms with Crippen LogP contribution in [0.25, 0.3) is 0 Å². The number of anilines is 2. The Labute approximate surface area is 156 Å². The third kappa shape index (κ3) is 4.40. The van der Waals surface area contributed by atoms with Gasteiger partial charge >= 0.3 is 0 Å². The summed E-state index contributed by atoms with van der Waals surface area (Å²) in [4.78, 5) is 23.6. The first-order valence-corrected chi connectivity index (χ1v) is 9.40. The van der Waals surface area contributed by atoms with E-state index in [1.807, 2.05) is 0 Å². The lowest BCUT2D eigenvalue weighted by Gasteiger charge is -2.20. The molecule has 1 N–H and O–H groups in total. The minimum atomic E-state index is -0.224. The molecule has 0 aliphatic heterocycles. The van der Waals surface area contributed by atoms with Crippen molar-refractivity contribution in [3.63, 3.8) is 0 Å². The van der Waals surface area contributed by atoms with Gasteiger partial charge in [-0.2, -0.15) is 0 Å². The third-order valence-corrected chi connectivity index (χ3v) is 4.57. The molecule has 5 heteroatoms. The molecule has 0 saturated heterocycles. The lowest BCUT2D eigenvalue weighted by Crippen LogP contribution is -2.24. The lowest BCUT2D eigenvalue weighted by atomic mass is 9.92. The van der Waals surface area contributed by atoms with E-state index in [0.29, 0.717) is 17.5 Å². The van der Waals surface area contributed by atoms with Crippen molar-refractivity contribution in [2.45, 2.75) is 53.4 Å². The molecule has 2 rings (SSSR count). The van der Waals surface area contributed by atoms with Gasteiger partial charge in [-0.05, 0) is 36.8 Å². The van der Waals surface area contributed by atoms with Gasteiger partial charge in [-0.3, -0.25) is 4.79 Å². The Morgan fingerprint density at radius 2 is 1.58 bits per heavy atom. The maximum atomic E-state index is 12.8. The highest BCUT2D eigenvalue weighted by atomic mass is 16.1. The van der Waals surface area contributed by atoms with E-state index < -0.39 is 0 Å². The first-order chi connectivity index (χ1) is 12.4. The number of rotatable bonds is 7. The summed E-state index contributed by atoms with van der Waals surface area (Å²) in [6.07, 6.45) is 3.22. The predicted octanol–water partition coefficient (Wildman–Crippen LogP) is 4.82. The molecule has 0 saturated carbocycles. The van der Waals surface area contributed by atoms with Crippen molar-refractivity contribution >= 4 is 17.4 Å². The molecule has 0 radical (unpaired) electrons. The summed E-state index contributed by atoms with van der Waals surface area (Å²) in [6.45, 7) is 14.4. The van der Waals surface area contributed by atoms with Crippen LogP contribution in [-0.4, -0.2) is 29.0 Å². The van der Waals surface area contributed by atoms with E-state index in [0.717, 1.165) is 35.7 Å². The Morgan fingerprint density at radius 1 is 1.00 bits per heavy atom. The Hall–Kier alpha value is -2.43. The zero-order chi connectivity index (χ0) is 19.3. The third-order valence-electron chi connectivity index (χ3n) is 4.57. The van der Waals surface area contributed by atoms with Gasteiger partial charge < -0.3 is 10.2 Å². The fraction of sp³-hybridized carbons (Fsp3) is 0.476. The summed E-state index contributed by atoms with van der Waals surface area (Å²) in [7, 11) is 0. The summed E-state index contributed by atoms with van der Waals surface area (Å²) in [5.41, 5.74) is 3.50. The molecule has 0 aliphatic carbocycles. The Balaban J connectivity index is 2.30. The molecule has 0 aliphatic rings. The molecule has 5 nitrogen and oxygen atoms in total. The summed E-state index contributed by atoms with van der Waals surface area (Å²) in [5, 5.41) is 3.08. The average molecular weight is 354 g/mol. The maximum absolute atomic E-state index is 12.8. The van der Waals surface area contributed by atoms with Gasteiger partial charge in [-0.1, -0.05) is 45.9 Å². The van der Waals surface area contributed by atoms with E-state index in [9.17, 15) is 4.79 Å². The van der Waals surface area contributed by atoms with Crippen LogP contribution in [0.4, 0.5) is 11.5 Å². The van der Waals surface area contributed by atoms with E-state index >= 15 is 0 Å². The van der Waals surface area contributed by atoms with Gasteiger partial charge in [0.25, 0.3) is 5.91 Å². The highest BCUT2D eigenvalue weighted by Crippen LogP contribution is 2.32. The van der Waals surface area contributed by atoms with E-state index in [1.54, 1.807) is 12.4 Å². The quantitative estimate of drug-likeness (QED) is 0.774. The van der Waals surface area contributed by atoms with Gasteiger partial charge in [0.1, 0.15) is 11.5 Å². The Morgan fingerprint density at radius 3 is 2.00 bits per heavy atom. The number of nitrogens with zero attached hydrogens (tertiary/aromatic N) is 3. The van der Waals surface area contributed by atoms with Gasteiger partial charge in [-0.25, -0.2) is 9.97 Å². The number of amides is 1. The van der Waals surface area contributed by atoms with E-state index in [-0.39, 0.29) is 5.91 Å². The van der Waals surface area contributed by atoms with E-state index in [4.69, 9.17) is 0 Å². The number of nitrogens with one attached hydrogen (secondary N) is 1. The average Bonchev–Trinajstić information content (AvgIpc) is 2.63. The highest BCUT2D eigenvalue weighted by Gasteiger charge is 2.18. The summed E-state index contributed by atoms with van der Waals surface area (Å²) in [5.74, 6) is 1.20. The van der Waals surface area contributed by atoms with Crippen molar-refractivity contribution in [3.8, 4) is 0 Å². The molecule has 2 aromatic rings. The molecule has 1 aromatic carbocycles. The van der Waals surface area contributed by atoms with Crippen molar-refractivity contribution in [1.29, 1.82) is 0 Å². The van der Waals surface area contributed by atoms with Gasteiger partial charge in [0.05, 0.1) is 12.4 Å². The molecular weight excluding hydrogens is 324 g/mol. The van der Waals surface area contributed by atoms with Gasteiger partial charge in [0, 0.05) is 18.8 Å². The molecule has 0 bridgehead atoms. The van der Waals surface area contributed by atoms with Crippen LogP contribution in [0.3, 0.4) is 0 Å². The number of benzene rings is 1. The second-order valence-electron chi connectivity index (χ2n) is 7.01. The van der Waals surface area contributed by atoms with Crippen molar-refractivity contribution in [2.24, 2.45) is 0 Å². The molecule has 1 amide bonds. The number of carbonyl (C=O) groups excluding carboxylic acids is 1. The van der Waals surface area contributed by atoms with Crippen LogP contribution >= 0.6 is 0 Å². The van der Waals surface area contributed by atoms with Gasteiger partial charge in [0.15, 0.2) is 0 Å². The number of para-hydroxylation sites is 1. The topological polar surface area (TPSA) is 58.1 Å². The minimum absolute atomic E-state index is 0.224. The fourth-order valence-electron chi connectivity index (χ4n) is 3.02. The molecule has 0 unspecified atom stereocenters. The molecule has 0 fully saturated rings. The van der Waals surface area contributed by atoms with Crippen molar-refractivity contribution in [1.82, 2.24) is 9.97 Å². The van der Waals surface area contributed by atoms with Crippen LogP contribution in [0.2, 0.25) is 0 Å². The molecule has 140 valence electrons. The zero-order valence-corrected chi connectivity index (χ0v) is 16.7. The van der Waals surface area contributed by atoms with Crippen LogP contribution in [0.5, 0.6) is 0 Å². The van der Waals surface area contributed by atoms with Crippen LogP contribution in [0.1, 0.15) is 75.0 Å². The summed E-state index contributed by atoms with van der Waals surface area (Å²) < 4.78 is 0. The zero-order valence-electron chi connectivity index (χ0n) is 16.7. The standard InChI is InChI=1S/C21H30N4O/c1-7-25(8-2)19-13-22-18(12-23-19)21(26)24-20-16(14(3)4)10-9-11-17(20)15(5)6/h9-15H,7-8H2,1-6H3,(H,24,26).